The molecule has 53 heavy (non-hydrogen) atoms. The van der Waals surface area contributed by atoms with Crippen LogP contribution >= 0.6 is 0 Å². The van der Waals surface area contributed by atoms with Gasteiger partial charge in [-0.15, -0.1) is 0 Å². The van der Waals surface area contributed by atoms with Crippen LogP contribution in [0.2, 0.25) is 0 Å². The van der Waals surface area contributed by atoms with Crippen LogP contribution in [0, 0.1) is 0 Å². The molecule has 0 saturated heterocycles. The highest BCUT2D eigenvalue weighted by Gasteiger charge is 2.19. The number of likely N-dealkylation sites (N-methyl/N-ethyl adjacent to an activating group) is 1. The van der Waals surface area contributed by atoms with E-state index in [0.29, 0.717) is 172 Å². The summed E-state index contributed by atoms with van der Waals surface area (Å²) in [6.45, 7) is 21.6. The first-order chi connectivity index (χ1) is 25.9. The van der Waals surface area contributed by atoms with Crippen LogP contribution in [-0.4, -0.2) is 202 Å². The Morgan fingerprint density at radius 2 is 0.604 bits per heavy atom. The molecule has 0 atom stereocenters. The van der Waals surface area contributed by atoms with E-state index in [1.807, 2.05) is 20.8 Å². The highest BCUT2D eigenvalue weighted by molar-refractivity contribution is 5.67. The number of amides is 1. The maximum absolute atomic E-state index is 11.9. The molecule has 0 unspecified atom stereocenters. The van der Waals surface area contributed by atoms with Gasteiger partial charge in [0.15, 0.2) is 0 Å². The van der Waals surface area contributed by atoms with E-state index in [1.165, 1.54) is 17.7 Å². The maximum Gasteiger partial charge on any atom is 0.410 e. The molecule has 16 heteroatoms. The third-order valence-electron chi connectivity index (χ3n) is 6.63. The summed E-state index contributed by atoms with van der Waals surface area (Å²) in [5, 5.41) is 0. The summed E-state index contributed by atoms with van der Waals surface area (Å²) in [6, 6.07) is 0. The summed E-state index contributed by atoms with van der Waals surface area (Å²) in [5.41, 5.74) is -0.511. The van der Waals surface area contributed by atoms with Gasteiger partial charge in [-0.05, 0) is 27.2 Å². The smallest absolute Gasteiger partial charge is 0.410 e. The molecule has 0 aromatic rings. The zero-order valence-corrected chi connectivity index (χ0v) is 33.8. The lowest BCUT2D eigenvalue weighted by atomic mass is 10.2. The average Bonchev–Trinajstić information content (AvgIpc) is 3.13. The number of nitrogens with zero attached hydrogens (tertiary/aromatic N) is 1. The molecule has 0 radical (unpaired) electrons. The number of carbonyl (C=O) groups is 1. The van der Waals surface area contributed by atoms with Crippen LogP contribution in [-0.2, 0) is 66.3 Å². The highest BCUT2D eigenvalue weighted by atomic mass is 16.6. The molecule has 0 aliphatic heterocycles. The van der Waals surface area contributed by atoms with Crippen molar-refractivity contribution < 1.29 is 71.1 Å². The molecule has 0 N–H and O–H groups in total. The minimum atomic E-state index is -0.511. The van der Waals surface area contributed by atoms with E-state index in [9.17, 15) is 4.79 Å². The van der Waals surface area contributed by atoms with Gasteiger partial charge in [0, 0.05) is 20.2 Å². The Kier molecular flexibility index (Phi) is 40.9. The number of hydrogen-bond donors (Lipinski definition) is 0. The minimum absolute atomic E-state index is 0.365. The van der Waals surface area contributed by atoms with E-state index in [-0.39, 0.29) is 6.09 Å². The summed E-state index contributed by atoms with van der Waals surface area (Å²) in [6.07, 6.45) is 3.17. The van der Waals surface area contributed by atoms with Gasteiger partial charge in [-0.1, -0.05) is 19.8 Å². The van der Waals surface area contributed by atoms with Crippen LogP contribution in [0.3, 0.4) is 0 Å². The first-order valence-corrected chi connectivity index (χ1v) is 19.3. The normalized spacial score (nSPS) is 11.8. The van der Waals surface area contributed by atoms with Crippen molar-refractivity contribution >= 4 is 6.09 Å². The van der Waals surface area contributed by atoms with E-state index >= 15 is 0 Å². The van der Waals surface area contributed by atoms with Gasteiger partial charge < -0.3 is 71.2 Å². The molecule has 0 bridgehead atoms. The van der Waals surface area contributed by atoms with E-state index in [1.54, 1.807) is 7.05 Å². The largest absolute Gasteiger partial charge is 0.444 e. The lowest BCUT2D eigenvalue weighted by Gasteiger charge is -2.24. The van der Waals surface area contributed by atoms with E-state index in [2.05, 4.69) is 6.92 Å². The van der Waals surface area contributed by atoms with Gasteiger partial charge in [-0.3, -0.25) is 0 Å². The zero-order valence-electron chi connectivity index (χ0n) is 33.8. The first-order valence-electron chi connectivity index (χ1n) is 19.3. The monoisotopic (exact) mass is 774 g/mol. The standard InChI is InChI=1S/C37H75NO15/c1-6-7-8-10-40-12-14-42-16-18-44-20-22-46-24-26-48-28-30-50-32-34-52-35-33-51-31-29-49-27-25-47-23-21-45-19-17-43-15-13-41-11-9-38(5)36(39)53-37(2,3)4/h6-35H2,1-5H3. The van der Waals surface area contributed by atoms with Crippen LogP contribution < -0.4 is 0 Å². The second kappa shape index (κ2) is 41.9. The molecule has 0 aliphatic carbocycles. The fraction of sp³-hybridized carbons (Fsp3) is 0.973. The lowest BCUT2D eigenvalue weighted by Crippen LogP contribution is -2.36. The molecular formula is C37H75NO15. The minimum Gasteiger partial charge on any atom is -0.444 e. The Balaban J connectivity index is 3.12. The summed E-state index contributed by atoms with van der Waals surface area (Å²) in [4.78, 5) is 13.4. The Morgan fingerprint density at radius 3 is 0.830 bits per heavy atom. The summed E-state index contributed by atoms with van der Waals surface area (Å²) >= 11 is 0. The first kappa shape index (κ1) is 51.8. The summed E-state index contributed by atoms with van der Waals surface area (Å²) < 4.78 is 76.6. The Morgan fingerprint density at radius 1 is 0.377 bits per heavy atom. The number of ether oxygens (including phenoxy) is 14. The van der Waals surface area contributed by atoms with Crippen molar-refractivity contribution in [2.24, 2.45) is 0 Å². The number of hydrogen-bond acceptors (Lipinski definition) is 15. The molecule has 16 nitrogen and oxygen atoms in total. The van der Waals surface area contributed by atoms with Gasteiger partial charge in [-0.2, -0.15) is 0 Å². The molecule has 0 fully saturated rings. The Labute approximate surface area is 319 Å². The topological polar surface area (TPSA) is 150 Å². The van der Waals surface area contributed by atoms with Crippen LogP contribution in [0.25, 0.3) is 0 Å². The summed E-state index contributed by atoms with van der Waals surface area (Å²) in [7, 11) is 1.68. The molecule has 0 spiro atoms. The molecule has 0 heterocycles. The van der Waals surface area contributed by atoms with Gasteiger partial charge in [-0.25, -0.2) is 4.79 Å². The van der Waals surface area contributed by atoms with Gasteiger partial charge in [0.05, 0.1) is 165 Å². The third kappa shape index (κ3) is 45.0. The Hall–Kier alpha value is -1.25. The van der Waals surface area contributed by atoms with Crippen LogP contribution in [0.15, 0.2) is 0 Å². The predicted molar refractivity (Wildman–Crippen MR) is 199 cm³/mol. The van der Waals surface area contributed by atoms with Crippen molar-refractivity contribution in [1.82, 2.24) is 4.90 Å². The van der Waals surface area contributed by atoms with Crippen LogP contribution in [0.1, 0.15) is 47.0 Å². The molecular weight excluding hydrogens is 698 g/mol. The van der Waals surface area contributed by atoms with Crippen LogP contribution in [0.4, 0.5) is 4.79 Å². The van der Waals surface area contributed by atoms with Crippen molar-refractivity contribution in [2.45, 2.75) is 52.6 Å². The molecule has 318 valence electrons. The molecule has 0 rings (SSSR count). The molecule has 0 aromatic heterocycles. The second-order valence-corrected chi connectivity index (χ2v) is 12.6. The fourth-order valence-electron chi connectivity index (χ4n) is 3.83. The quantitative estimate of drug-likeness (QED) is 0.0834. The Bertz CT molecular complexity index is 733. The lowest BCUT2D eigenvalue weighted by molar-refractivity contribution is -0.0291. The van der Waals surface area contributed by atoms with Crippen molar-refractivity contribution in [1.29, 1.82) is 0 Å². The average molecular weight is 774 g/mol. The van der Waals surface area contributed by atoms with E-state index < -0.39 is 5.60 Å². The molecule has 0 saturated carbocycles. The molecule has 0 aliphatic rings. The van der Waals surface area contributed by atoms with Crippen LogP contribution in [0.5, 0.6) is 0 Å². The van der Waals surface area contributed by atoms with Crippen molar-refractivity contribution in [2.75, 3.05) is 185 Å². The predicted octanol–water partition coefficient (Wildman–Crippen LogP) is 3.26. The van der Waals surface area contributed by atoms with Gasteiger partial charge in [0.25, 0.3) is 0 Å². The molecule has 1 amide bonds. The van der Waals surface area contributed by atoms with E-state index in [0.717, 1.165) is 13.0 Å². The number of carbonyl (C=O) groups excluding carboxylic acids is 1. The fourth-order valence-corrected chi connectivity index (χ4v) is 3.83. The highest BCUT2D eigenvalue weighted by Crippen LogP contribution is 2.08. The van der Waals surface area contributed by atoms with Gasteiger partial charge in [0.2, 0.25) is 0 Å². The SMILES string of the molecule is CCCCCOCCOCCOCCOCCOCCOCCOCCOCCOCCOCCOCCOCCOCCN(C)C(=O)OC(C)(C)C. The maximum atomic E-state index is 11.9. The van der Waals surface area contributed by atoms with Gasteiger partial charge >= 0.3 is 6.09 Å². The number of rotatable bonds is 43. The van der Waals surface area contributed by atoms with Crippen molar-refractivity contribution in [3.05, 3.63) is 0 Å². The number of unbranched alkanes of at least 4 members (excludes halogenated alkanes) is 2. The van der Waals surface area contributed by atoms with E-state index in [4.69, 9.17) is 66.3 Å². The summed E-state index contributed by atoms with van der Waals surface area (Å²) in [5.74, 6) is 0. The third-order valence-corrected chi connectivity index (χ3v) is 6.63. The van der Waals surface area contributed by atoms with Crippen molar-refractivity contribution in [3.8, 4) is 0 Å². The van der Waals surface area contributed by atoms with Gasteiger partial charge in [0.1, 0.15) is 5.60 Å². The zero-order chi connectivity index (χ0) is 38.8. The molecule has 0 aromatic carbocycles. The van der Waals surface area contributed by atoms with Crippen molar-refractivity contribution in [3.63, 3.8) is 0 Å². The second-order valence-electron chi connectivity index (χ2n) is 12.6.